The van der Waals surface area contributed by atoms with Gasteiger partial charge in [0.25, 0.3) is 0 Å². The Morgan fingerprint density at radius 3 is 2.77 bits per heavy atom. The highest BCUT2D eigenvalue weighted by molar-refractivity contribution is 5.93. The second-order valence-corrected chi connectivity index (χ2v) is 4.13. The van der Waals surface area contributed by atoms with Crippen LogP contribution in [0.25, 0.3) is 0 Å². The minimum absolute atomic E-state index is 0.0402. The molecule has 0 aromatic heterocycles. The van der Waals surface area contributed by atoms with Gasteiger partial charge in [-0.3, -0.25) is 9.59 Å². The number of allylic oxidation sites excluding steroid dienone is 2. The third kappa shape index (κ3) is 1.39. The van der Waals surface area contributed by atoms with E-state index >= 15 is 0 Å². The molecule has 1 amide bonds. The number of rotatable bonds is 0. The van der Waals surface area contributed by atoms with Crippen LogP contribution >= 0.6 is 0 Å². The number of fused-ring (bicyclic) bond motifs is 1. The van der Waals surface area contributed by atoms with E-state index < -0.39 is 0 Å². The van der Waals surface area contributed by atoms with Crippen LogP contribution in [-0.2, 0) is 9.59 Å². The molecule has 2 aliphatic rings. The third-order valence-corrected chi connectivity index (χ3v) is 3.06. The van der Waals surface area contributed by atoms with Crippen LogP contribution in [0.5, 0.6) is 0 Å². The van der Waals surface area contributed by atoms with Gasteiger partial charge in [-0.25, -0.2) is 0 Å². The van der Waals surface area contributed by atoms with E-state index in [9.17, 15) is 9.59 Å². The Labute approximate surface area is 77.2 Å². The molecule has 2 rings (SSSR count). The van der Waals surface area contributed by atoms with Gasteiger partial charge in [0.1, 0.15) is 0 Å². The summed E-state index contributed by atoms with van der Waals surface area (Å²) in [7, 11) is 0. The van der Waals surface area contributed by atoms with E-state index in [0.717, 1.165) is 18.5 Å². The van der Waals surface area contributed by atoms with Gasteiger partial charge in [-0.15, -0.1) is 0 Å². The maximum absolute atomic E-state index is 11.1. The first-order valence-corrected chi connectivity index (χ1v) is 4.65. The molecule has 3 heteroatoms. The number of carbonyl (C=O) groups excluding carboxylic acids is 2. The van der Waals surface area contributed by atoms with Crippen molar-refractivity contribution in [3.63, 3.8) is 0 Å². The van der Waals surface area contributed by atoms with E-state index in [4.69, 9.17) is 0 Å². The average Bonchev–Trinajstić information content (AvgIpc) is 2.08. The molecule has 0 saturated carbocycles. The lowest BCUT2D eigenvalue weighted by molar-refractivity contribution is -0.123. The van der Waals surface area contributed by atoms with Gasteiger partial charge in [-0.05, 0) is 12.8 Å². The Hall–Kier alpha value is -1.12. The predicted octanol–water partition coefficient (Wildman–Crippen LogP) is 1.15. The second-order valence-electron chi connectivity index (χ2n) is 4.13. The average molecular weight is 179 g/mol. The predicted molar refractivity (Wildman–Crippen MR) is 47.8 cm³/mol. The van der Waals surface area contributed by atoms with Gasteiger partial charge in [-0.2, -0.15) is 0 Å². The van der Waals surface area contributed by atoms with Gasteiger partial charge in [0.15, 0.2) is 5.78 Å². The number of hydrogen-bond acceptors (Lipinski definition) is 2. The molecule has 1 saturated heterocycles. The van der Waals surface area contributed by atoms with E-state index in [1.54, 1.807) is 6.08 Å². The number of hydrogen-bond donors (Lipinski definition) is 1. The topological polar surface area (TPSA) is 46.2 Å². The van der Waals surface area contributed by atoms with Crippen molar-refractivity contribution in [1.82, 2.24) is 5.32 Å². The normalized spacial score (nSPS) is 33.5. The molecule has 70 valence electrons. The molecule has 0 aromatic rings. The Balaban J connectivity index is 2.32. The van der Waals surface area contributed by atoms with Crippen LogP contribution < -0.4 is 5.32 Å². The summed E-state index contributed by atoms with van der Waals surface area (Å²) in [5, 5.41) is 2.79. The molecular weight excluding hydrogens is 166 g/mol. The first-order chi connectivity index (χ1) is 6.10. The summed E-state index contributed by atoms with van der Waals surface area (Å²) in [5.74, 6) is 0.174. The lowest BCUT2D eigenvalue weighted by atomic mass is 9.72. The van der Waals surface area contributed by atoms with E-state index in [0.29, 0.717) is 12.8 Å². The summed E-state index contributed by atoms with van der Waals surface area (Å²) in [6, 6.07) is 0. The fraction of sp³-hybridized carbons (Fsp3) is 0.600. The van der Waals surface area contributed by atoms with Crippen molar-refractivity contribution in [2.24, 2.45) is 5.41 Å². The lowest BCUT2D eigenvalue weighted by Gasteiger charge is -2.38. The van der Waals surface area contributed by atoms with Gasteiger partial charge in [0.05, 0.1) is 0 Å². The first-order valence-electron chi connectivity index (χ1n) is 4.65. The number of carbonyl (C=O) groups is 2. The maximum atomic E-state index is 11.1. The fourth-order valence-corrected chi connectivity index (χ4v) is 1.99. The number of piperidine rings is 1. The van der Waals surface area contributed by atoms with Gasteiger partial charge in [0.2, 0.25) is 5.91 Å². The summed E-state index contributed by atoms with van der Waals surface area (Å²) < 4.78 is 0. The summed E-state index contributed by atoms with van der Waals surface area (Å²) >= 11 is 0. The molecule has 0 unspecified atom stereocenters. The van der Waals surface area contributed by atoms with Crippen LogP contribution in [0.3, 0.4) is 0 Å². The largest absolute Gasteiger partial charge is 0.329 e. The molecule has 13 heavy (non-hydrogen) atoms. The molecule has 0 radical (unpaired) electrons. The van der Waals surface area contributed by atoms with Crippen LogP contribution in [0.2, 0.25) is 0 Å². The molecule has 1 heterocycles. The minimum Gasteiger partial charge on any atom is -0.329 e. The highest BCUT2D eigenvalue weighted by Gasteiger charge is 2.37. The molecule has 0 bridgehead atoms. The van der Waals surface area contributed by atoms with Crippen LogP contribution in [0.15, 0.2) is 11.8 Å². The fourth-order valence-electron chi connectivity index (χ4n) is 1.99. The van der Waals surface area contributed by atoms with Crippen molar-refractivity contribution in [3.8, 4) is 0 Å². The summed E-state index contributed by atoms with van der Waals surface area (Å²) in [4.78, 5) is 22.2. The van der Waals surface area contributed by atoms with Crippen LogP contribution in [0, 0.1) is 5.41 Å². The van der Waals surface area contributed by atoms with Crippen molar-refractivity contribution in [2.75, 3.05) is 0 Å². The van der Waals surface area contributed by atoms with Crippen molar-refractivity contribution >= 4 is 11.7 Å². The SMILES string of the molecule is C[C@@]12CCC(=O)C=C1NC(=O)CC2. The van der Waals surface area contributed by atoms with E-state index in [-0.39, 0.29) is 17.1 Å². The van der Waals surface area contributed by atoms with Crippen molar-refractivity contribution in [3.05, 3.63) is 11.8 Å². The van der Waals surface area contributed by atoms with Crippen LogP contribution in [0.1, 0.15) is 32.6 Å². The highest BCUT2D eigenvalue weighted by Crippen LogP contribution is 2.41. The molecular formula is C10H13NO2. The van der Waals surface area contributed by atoms with Crippen molar-refractivity contribution < 1.29 is 9.59 Å². The highest BCUT2D eigenvalue weighted by atomic mass is 16.1. The molecule has 1 atom stereocenters. The summed E-state index contributed by atoms with van der Waals surface area (Å²) in [5.41, 5.74) is 0.877. The smallest absolute Gasteiger partial charge is 0.224 e. The first kappa shape index (κ1) is 8.48. The molecule has 1 fully saturated rings. The quantitative estimate of drug-likeness (QED) is 0.606. The van der Waals surface area contributed by atoms with E-state index in [1.807, 2.05) is 0 Å². The zero-order valence-electron chi connectivity index (χ0n) is 7.72. The Morgan fingerprint density at radius 2 is 2.00 bits per heavy atom. The molecule has 3 nitrogen and oxygen atoms in total. The zero-order chi connectivity index (χ0) is 9.47. The lowest BCUT2D eigenvalue weighted by Crippen LogP contribution is -2.41. The number of ketones is 1. The zero-order valence-corrected chi connectivity index (χ0v) is 7.72. The minimum atomic E-state index is 0.0402. The van der Waals surface area contributed by atoms with Gasteiger partial charge in [0, 0.05) is 30.0 Å². The van der Waals surface area contributed by atoms with Gasteiger partial charge < -0.3 is 5.32 Å². The standard InChI is InChI=1S/C10H13NO2/c1-10-4-2-7(12)6-8(10)11-9(13)3-5-10/h6H,2-5H2,1H3,(H,11,13)/t10-/m0/s1. The molecule has 1 N–H and O–H groups in total. The van der Waals surface area contributed by atoms with Crippen molar-refractivity contribution in [2.45, 2.75) is 32.6 Å². The second kappa shape index (κ2) is 2.69. The van der Waals surface area contributed by atoms with Crippen LogP contribution in [0.4, 0.5) is 0 Å². The number of nitrogens with one attached hydrogen (secondary N) is 1. The van der Waals surface area contributed by atoms with Crippen molar-refractivity contribution in [1.29, 1.82) is 0 Å². The molecule has 1 aliphatic heterocycles. The monoisotopic (exact) mass is 179 g/mol. The van der Waals surface area contributed by atoms with E-state index in [1.165, 1.54) is 0 Å². The molecule has 0 spiro atoms. The maximum Gasteiger partial charge on any atom is 0.224 e. The van der Waals surface area contributed by atoms with E-state index in [2.05, 4.69) is 12.2 Å². The molecule has 0 aromatic carbocycles. The summed E-state index contributed by atoms with van der Waals surface area (Å²) in [6.07, 6.45) is 4.55. The van der Waals surface area contributed by atoms with Gasteiger partial charge in [-0.1, -0.05) is 6.92 Å². The Kier molecular flexibility index (Phi) is 1.75. The van der Waals surface area contributed by atoms with Crippen LogP contribution in [-0.4, -0.2) is 11.7 Å². The Morgan fingerprint density at radius 1 is 1.31 bits per heavy atom. The summed E-state index contributed by atoms with van der Waals surface area (Å²) in [6.45, 7) is 2.12. The Bertz CT molecular complexity index is 306. The number of amides is 1. The molecule has 1 aliphatic carbocycles. The third-order valence-electron chi connectivity index (χ3n) is 3.06. The van der Waals surface area contributed by atoms with Gasteiger partial charge >= 0.3 is 0 Å².